The zero-order valence-corrected chi connectivity index (χ0v) is 37.3. The van der Waals surface area contributed by atoms with E-state index in [2.05, 4.69) is 276 Å². The largest absolute Gasteiger partial charge is 0.310 e. The number of para-hydroxylation sites is 2. The predicted octanol–water partition coefficient (Wildman–Crippen LogP) is 18.4. The Morgan fingerprint density at radius 2 is 0.824 bits per heavy atom. The summed E-state index contributed by atoms with van der Waals surface area (Å²) in [5, 5.41) is 9.87. The summed E-state index contributed by atoms with van der Waals surface area (Å²) in [7, 11) is 0. The van der Waals surface area contributed by atoms with E-state index < -0.39 is 0 Å². The van der Waals surface area contributed by atoms with Gasteiger partial charge in [-0.3, -0.25) is 0 Å². The first-order chi connectivity index (χ1) is 33.7. The quantitative estimate of drug-likeness (QED) is 0.138. The van der Waals surface area contributed by atoms with Crippen LogP contribution in [0.1, 0.15) is 0 Å². The average molecular weight is 865 g/mol. The molecule has 0 atom stereocenters. The van der Waals surface area contributed by atoms with Gasteiger partial charge in [-0.05, 0) is 132 Å². The van der Waals surface area contributed by atoms with Gasteiger partial charge in [0, 0.05) is 33.4 Å². The van der Waals surface area contributed by atoms with Gasteiger partial charge >= 0.3 is 0 Å². The summed E-state index contributed by atoms with van der Waals surface area (Å²) in [6.45, 7) is 0. The molecule has 68 heavy (non-hydrogen) atoms. The molecule has 0 bridgehead atoms. The number of anilines is 3. The van der Waals surface area contributed by atoms with Gasteiger partial charge in [-0.1, -0.05) is 206 Å². The van der Waals surface area contributed by atoms with Crippen molar-refractivity contribution in [2.45, 2.75) is 0 Å². The highest BCUT2D eigenvalue weighted by Crippen LogP contribution is 2.47. The van der Waals surface area contributed by atoms with Crippen LogP contribution in [0, 0.1) is 0 Å². The van der Waals surface area contributed by atoms with Crippen LogP contribution in [0.4, 0.5) is 17.1 Å². The molecule has 13 aromatic rings. The maximum Gasteiger partial charge on any atom is 0.0542 e. The van der Waals surface area contributed by atoms with E-state index in [1.54, 1.807) is 0 Å². The summed E-state index contributed by atoms with van der Waals surface area (Å²) in [5.41, 5.74) is 16.3. The van der Waals surface area contributed by atoms with Crippen molar-refractivity contribution in [1.29, 1.82) is 0 Å². The first-order valence-electron chi connectivity index (χ1n) is 23.4. The van der Waals surface area contributed by atoms with E-state index in [1.807, 2.05) is 0 Å². The van der Waals surface area contributed by atoms with Crippen LogP contribution in [0.25, 0.3) is 104 Å². The fourth-order valence-electron chi connectivity index (χ4n) is 10.7. The van der Waals surface area contributed by atoms with Gasteiger partial charge in [0.25, 0.3) is 0 Å². The first-order valence-corrected chi connectivity index (χ1v) is 23.4. The Bertz CT molecular complexity index is 4020. The van der Waals surface area contributed by atoms with Crippen LogP contribution in [0.15, 0.2) is 267 Å². The monoisotopic (exact) mass is 864 g/mol. The smallest absolute Gasteiger partial charge is 0.0542 e. The van der Waals surface area contributed by atoms with Gasteiger partial charge in [0.15, 0.2) is 0 Å². The average Bonchev–Trinajstić information content (AvgIpc) is 3.75. The number of fused-ring (bicyclic) bond motifs is 7. The van der Waals surface area contributed by atoms with Gasteiger partial charge in [-0.15, -0.1) is 0 Å². The maximum absolute atomic E-state index is 2.45. The van der Waals surface area contributed by atoms with E-state index >= 15 is 0 Å². The van der Waals surface area contributed by atoms with E-state index in [4.69, 9.17) is 0 Å². The summed E-state index contributed by atoms with van der Waals surface area (Å²) in [6, 6.07) is 97.6. The predicted molar refractivity (Wildman–Crippen MR) is 290 cm³/mol. The second-order valence-corrected chi connectivity index (χ2v) is 17.6. The number of hydrogen-bond acceptors (Lipinski definition) is 1. The van der Waals surface area contributed by atoms with Gasteiger partial charge in [-0.25, -0.2) is 0 Å². The minimum Gasteiger partial charge on any atom is -0.310 e. The lowest BCUT2D eigenvalue weighted by molar-refractivity contribution is 1.18. The minimum atomic E-state index is 1.08. The Morgan fingerprint density at radius 3 is 1.60 bits per heavy atom. The van der Waals surface area contributed by atoms with Crippen molar-refractivity contribution in [3.8, 4) is 50.2 Å². The van der Waals surface area contributed by atoms with Gasteiger partial charge in [0.1, 0.15) is 0 Å². The maximum atomic E-state index is 2.45. The van der Waals surface area contributed by atoms with Crippen molar-refractivity contribution in [2.75, 3.05) is 4.90 Å². The molecule has 0 N–H and O–H groups in total. The number of aromatic nitrogens is 1. The van der Waals surface area contributed by atoms with Crippen LogP contribution < -0.4 is 4.90 Å². The molecule has 0 aliphatic rings. The van der Waals surface area contributed by atoms with Crippen LogP contribution in [-0.2, 0) is 0 Å². The molecule has 0 spiro atoms. The summed E-state index contributed by atoms with van der Waals surface area (Å²) in [5.74, 6) is 0. The molecule has 0 unspecified atom stereocenters. The zero-order valence-electron chi connectivity index (χ0n) is 37.3. The molecular weight excluding hydrogens is 821 g/mol. The fraction of sp³-hybridized carbons (Fsp3) is 0. The molecule has 0 fully saturated rings. The molecule has 2 heteroatoms. The number of nitrogens with zero attached hydrogens (tertiary/aromatic N) is 2. The second kappa shape index (κ2) is 16.5. The molecule has 0 saturated carbocycles. The highest BCUT2D eigenvalue weighted by molar-refractivity contribution is 6.22. The Balaban J connectivity index is 1.03. The van der Waals surface area contributed by atoms with Crippen LogP contribution in [0.3, 0.4) is 0 Å². The Hall–Kier alpha value is -8.98. The molecule has 1 aromatic heterocycles. The van der Waals surface area contributed by atoms with Crippen molar-refractivity contribution in [1.82, 2.24) is 4.57 Å². The third-order valence-electron chi connectivity index (χ3n) is 13.7. The van der Waals surface area contributed by atoms with Crippen LogP contribution in [-0.4, -0.2) is 4.57 Å². The SMILES string of the molecule is c1ccc(-c2ccccc2N(c2cccc(-c3ccc4c(c3)c(-c3ccccc3)c(-c3ccccc3)c3ccccc34)c2)c2ccc3c(c2)c2ccccc2n3-c2ccc3ccccc3c2)cc1. The Kier molecular flexibility index (Phi) is 9.54. The van der Waals surface area contributed by atoms with E-state index in [0.29, 0.717) is 0 Å². The Labute approximate surface area is 395 Å². The van der Waals surface area contributed by atoms with E-state index in [0.717, 1.165) is 39.4 Å². The van der Waals surface area contributed by atoms with Crippen LogP contribution in [0.5, 0.6) is 0 Å². The molecule has 0 saturated heterocycles. The second-order valence-electron chi connectivity index (χ2n) is 17.6. The summed E-state index contributed by atoms with van der Waals surface area (Å²) in [6.07, 6.45) is 0. The number of benzene rings is 12. The fourth-order valence-corrected chi connectivity index (χ4v) is 10.7. The molecule has 12 aromatic carbocycles. The highest BCUT2D eigenvalue weighted by atomic mass is 15.1. The lowest BCUT2D eigenvalue weighted by atomic mass is 9.84. The molecule has 318 valence electrons. The summed E-state index contributed by atoms with van der Waals surface area (Å²) >= 11 is 0. The molecule has 1 heterocycles. The van der Waals surface area contributed by atoms with Crippen molar-refractivity contribution >= 4 is 71.2 Å². The molecule has 0 radical (unpaired) electrons. The van der Waals surface area contributed by atoms with Crippen molar-refractivity contribution < 1.29 is 0 Å². The normalized spacial score (nSPS) is 11.5. The van der Waals surface area contributed by atoms with E-state index in [1.165, 1.54) is 81.9 Å². The topological polar surface area (TPSA) is 8.17 Å². The molecular formula is C66H44N2. The van der Waals surface area contributed by atoms with E-state index in [-0.39, 0.29) is 0 Å². The molecule has 13 rings (SSSR count). The van der Waals surface area contributed by atoms with Crippen molar-refractivity contribution in [3.05, 3.63) is 267 Å². The third-order valence-corrected chi connectivity index (χ3v) is 13.7. The van der Waals surface area contributed by atoms with Gasteiger partial charge in [0.2, 0.25) is 0 Å². The van der Waals surface area contributed by atoms with E-state index in [9.17, 15) is 0 Å². The molecule has 2 nitrogen and oxygen atoms in total. The highest BCUT2D eigenvalue weighted by Gasteiger charge is 2.22. The Morgan fingerprint density at radius 1 is 0.265 bits per heavy atom. The van der Waals surface area contributed by atoms with Crippen molar-refractivity contribution in [2.24, 2.45) is 0 Å². The molecule has 0 amide bonds. The van der Waals surface area contributed by atoms with Crippen LogP contribution >= 0.6 is 0 Å². The van der Waals surface area contributed by atoms with Gasteiger partial charge in [0.05, 0.1) is 16.7 Å². The summed E-state index contributed by atoms with van der Waals surface area (Å²) < 4.78 is 2.42. The number of hydrogen-bond donors (Lipinski definition) is 0. The lowest BCUT2D eigenvalue weighted by Gasteiger charge is -2.28. The molecule has 0 aliphatic heterocycles. The van der Waals surface area contributed by atoms with Crippen LogP contribution in [0.2, 0.25) is 0 Å². The van der Waals surface area contributed by atoms with Gasteiger partial charge < -0.3 is 9.47 Å². The van der Waals surface area contributed by atoms with Crippen molar-refractivity contribution in [3.63, 3.8) is 0 Å². The first kappa shape index (κ1) is 39.4. The molecule has 0 aliphatic carbocycles. The van der Waals surface area contributed by atoms with Gasteiger partial charge in [-0.2, -0.15) is 0 Å². The lowest BCUT2D eigenvalue weighted by Crippen LogP contribution is -2.11. The minimum absolute atomic E-state index is 1.08. The standard InChI is InChI=1S/C66H44N2/c1-4-20-46(21-5-1)55-29-14-16-33-62(55)67(54-38-40-64-60(44-54)58-31-15-17-34-63(58)68(64)53-37-35-45-19-10-11-26-49(45)41-53)52-28-18-27-50(42-52)51-36-39-57-56-30-12-13-32-59(56)65(47-22-6-2-7-23-47)66(61(57)43-51)48-24-8-3-9-25-48/h1-44H. The zero-order chi connectivity index (χ0) is 45.0. The third kappa shape index (κ3) is 6.65. The number of rotatable bonds is 8. The summed E-state index contributed by atoms with van der Waals surface area (Å²) in [4.78, 5) is 2.45.